The average Bonchev–Trinajstić information content (AvgIpc) is 3.34. The Labute approximate surface area is 201 Å². The van der Waals surface area contributed by atoms with Crippen molar-refractivity contribution in [2.45, 2.75) is 76.8 Å². The molecule has 8 nitrogen and oxygen atoms in total. The number of hydrogen-bond donors (Lipinski definition) is 3. The van der Waals surface area contributed by atoms with E-state index in [1.54, 1.807) is 6.92 Å². The lowest BCUT2D eigenvalue weighted by Gasteiger charge is -2.36. The zero-order chi connectivity index (χ0) is 24.7. The van der Waals surface area contributed by atoms with Gasteiger partial charge in [0, 0.05) is 13.1 Å². The van der Waals surface area contributed by atoms with Crippen LogP contribution >= 0.6 is 0 Å². The van der Waals surface area contributed by atoms with E-state index in [0.29, 0.717) is 19.5 Å². The molecule has 0 radical (unpaired) electrons. The van der Waals surface area contributed by atoms with Gasteiger partial charge >= 0.3 is 0 Å². The molecule has 3 aliphatic heterocycles. The van der Waals surface area contributed by atoms with Gasteiger partial charge in [-0.1, -0.05) is 50.6 Å². The second-order valence-corrected chi connectivity index (χ2v) is 10.3. The van der Waals surface area contributed by atoms with Crippen molar-refractivity contribution < 1.29 is 24.2 Å². The highest BCUT2D eigenvalue weighted by molar-refractivity contribution is 5.99. The van der Waals surface area contributed by atoms with Crippen LogP contribution in [0.1, 0.15) is 52.5 Å². The molecular formula is C26H37N3O5. The molecule has 3 heterocycles. The minimum absolute atomic E-state index is 0.0145. The Morgan fingerprint density at radius 1 is 1.24 bits per heavy atom. The van der Waals surface area contributed by atoms with Gasteiger partial charge in [-0.3, -0.25) is 14.4 Å². The van der Waals surface area contributed by atoms with Crippen molar-refractivity contribution in [3.63, 3.8) is 0 Å². The van der Waals surface area contributed by atoms with Crippen molar-refractivity contribution in [3.05, 3.63) is 35.9 Å². The van der Waals surface area contributed by atoms with Gasteiger partial charge in [0.05, 0.1) is 30.1 Å². The Kier molecular flexibility index (Phi) is 6.75. The Hall–Kier alpha value is -2.45. The molecule has 1 aromatic carbocycles. The Morgan fingerprint density at radius 3 is 2.59 bits per heavy atom. The number of amides is 3. The van der Waals surface area contributed by atoms with E-state index in [1.807, 2.05) is 51.1 Å². The van der Waals surface area contributed by atoms with Gasteiger partial charge in [-0.05, 0) is 38.2 Å². The summed E-state index contributed by atoms with van der Waals surface area (Å²) >= 11 is 0. The van der Waals surface area contributed by atoms with Gasteiger partial charge < -0.3 is 25.4 Å². The maximum atomic E-state index is 13.8. The summed E-state index contributed by atoms with van der Waals surface area (Å²) in [5, 5.41) is 15.9. The maximum absolute atomic E-state index is 13.8. The minimum Gasteiger partial charge on any atom is -0.394 e. The number of likely N-dealkylation sites (tertiary alicyclic amines) is 1. The standard InChI is InChI=1S/C26H37N3O5/c1-5-6-12-27-23(32)21-26-13-16(2)25(4,34-26)19(20(26)24(33)29(21)17(3)15-30)22(31)28-14-18-10-8-7-9-11-18/h7-11,16-17,19-21,30H,5-6,12-15H2,1-4H3,(H,27,32)(H,28,31)/t16?,17-,19-,20+,21?,25+,26?/m1/s1. The summed E-state index contributed by atoms with van der Waals surface area (Å²) in [7, 11) is 0. The summed E-state index contributed by atoms with van der Waals surface area (Å²) in [5.41, 5.74) is -0.966. The topological polar surface area (TPSA) is 108 Å². The fraction of sp³-hybridized carbons (Fsp3) is 0.654. The first-order valence-electron chi connectivity index (χ1n) is 12.4. The molecule has 34 heavy (non-hydrogen) atoms. The number of nitrogens with one attached hydrogen (secondary N) is 2. The predicted octanol–water partition coefficient (Wildman–Crippen LogP) is 1.61. The molecule has 186 valence electrons. The highest BCUT2D eigenvalue weighted by Gasteiger charge is 2.80. The monoisotopic (exact) mass is 471 g/mol. The van der Waals surface area contributed by atoms with Crippen molar-refractivity contribution in [2.75, 3.05) is 13.2 Å². The van der Waals surface area contributed by atoms with Crippen LogP contribution in [0.25, 0.3) is 0 Å². The van der Waals surface area contributed by atoms with E-state index in [0.717, 1.165) is 18.4 Å². The molecule has 1 spiro atoms. The minimum atomic E-state index is -1.08. The van der Waals surface area contributed by atoms with Crippen LogP contribution < -0.4 is 10.6 Å². The number of fused-ring (bicyclic) bond motifs is 1. The Morgan fingerprint density at radius 2 is 1.94 bits per heavy atom. The van der Waals surface area contributed by atoms with Gasteiger partial charge in [-0.2, -0.15) is 0 Å². The van der Waals surface area contributed by atoms with Crippen LogP contribution in [-0.2, 0) is 25.7 Å². The van der Waals surface area contributed by atoms with E-state index in [1.165, 1.54) is 4.90 Å². The number of aliphatic hydroxyl groups is 1. The molecule has 3 aliphatic rings. The molecule has 3 unspecified atom stereocenters. The highest BCUT2D eigenvalue weighted by atomic mass is 16.5. The fourth-order valence-electron chi connectivity index (χ4n) is 6.32. The molecule has 8 heteroatoms. The molecule has 0 aromatic heterocycles. The molecule has 0 saturated carbocycles. The average molecular weight is 472 g/mol. The second kappa shape index (κ2) is 9.30. The summed E-state index contributed by atoms with van der Waals surface area (Å²) in [6.07, 6.45) is 2.28. The summed E-state index contributed by atoms with van der Waals surface area (Å²) in [6.45, 7) is 8.29. The summed E-state index contributed by atoms with van der Waals surface area (Å²) in [5.74, 6) is -2.28. The molecular weight excluding hydrogens is 434 g/mol. The van der Waals surface area contributed by atoms with E-state index < -0.39 is 35.1 Å². The Bertz CT molecular complexity index is 940. The van der Waals surface area contributed by atoms with Gasteiger partial charge in [-0.25, -0.2) is 0 Å². The van der Waals surface area contributed by atoms with Crippen LogP contribution in [0, 0.1) is 17.8 Å². The van der Waals surface area contributed by atoms with Crippen LogP contribution in [0.15, 0.2) is 30.3 Å². The second-order valence-electron chi connectivity index (χ2n) is 10.3. The first kappa shape index (κ1) is 24.7. The van der Waals surface area contributed by atoms with Crippen LogP contribution in [-0.4, -0.2) is 64.2 Å². The van der Waals surface area contributed by atoms with Crippen LogP contribution in [0.3, 0.4) is 0 Å². The normalized spacial score (nSPS) is 34.7. The quantitative estimate of drug-likeness (QED) is 0.474. The number of nitrogens with zero attached hydrogens (tertiary/aromatic N) is 1. The summed E-state index contributed by atoms with van der Waals surface area (Å²) in [4.78, 5) is 42.3. The Balaban J connectivity index is 1.67. The van der Waals surface area contributed by atoms with Crippen molar-refractivity contribution in [3.8, 4) is 0 Å². The molecule has 7 atom stereocenters. The molecule has 3 N–H and O–H groups in total. The number of benzene rings is 1. The third-order valence-electron chi connectivity index (χ3n) is 8.16. The third-order valence-corrected chi connectivity index (χ3v) is 8.16. The number of carbonyl (C=O) groups is 3. The van der Waals surface area contributed by atoms with Gasteiger partial charge in [-0.15, -0.1) is 0 Å². The van der Waals surface area contributed by atoms with Crippen LogP contribution in [0.5, 0.6) is 0 Å². The van der Waals surface area contributed by atoms with E-state index in [4.69, 9.17) is 4.74 Å². The van der Waals surface area contributed by atoms with E-state index in [-0.39, 0.29) is 30.2 Å². The van der Waals surface area contributed by atoms with Crippen LogP contribution in [0.4, 0.5) is 0 Å². The molecule has 3 saturated heterocycles. The zero-order valence-electron chi connectivity index (χ0n) is 20.5. The van der Waals surface area contributed by atoms with Gasteiger partial charge in [0.15, 0.2) is 0 Å². The number of unbranched alkanes of at least 4 members (excludes halogenated alkanes) is 1. The first-order chi connectivity index (χ1) is 16.2. The molecule has 4 rings (SSSR count). The number of hydrogen-bond acceptors (Lipinski definition) is 5. The van der Waals surface area contributed by atoms with Crippen molar-refractivity contribution in [1.82, 2.24) is 15.5 Å². The van der Waals surface area contributed by atoms with Crippen molar-refractivity contribution in [2.24, 2.45) is 17.8 Å². The fourth-order valence-corrected chi connectivity index (χ4v) is 6.32. The van der Waals surface area contributed by atoms with Gasteiger partial charge in [0.1, 0.15) is 11.6 Å². The number of carbonyl (C=O) groups excluding carboxylic acids is 3. The first-order valence-corrected chi connectivity index (χ1v) is 12.4. The molecule has 3 fully saturated rings. The lowest BCUT2D eigenvalue weighted by Crippen LogP contribution is -2.57. The SMILES string of the molecule is CCCCNC(=O)C1N([C@H](C)CO)C(=O)[C@@H]2[C@H](C(=O)NCc3ccccc3)[C@@]3(C)OC12CC3C. The van der Waals surface area contributed by atoms with E-state index in [9.17, 15) is 19.5 Å². The summed E-state index contributed by atoms with van der Waals surface area (Å²) < 4.78 is 6.64. The molecule has 0 aliphatic carbocycles. The summed E-state index contributed by atoms with van der Waals surface area (Å²) in [6, 6.07) is 8.18. The lowest BCUT2D eigenvalue weighted by atomic mass is 9.62. The number of ether oxygens (including phenoxy) is 1. The van der Waals surface area contributed by atoms with Crippen LogP contribution in [0.2, 0.25) is 0 Å². The van der Waals surface area contributed by atoms with E-state index in [2.05, 4.69) is 10.6 Å². The van der Waals surface area contributed by atoms with Gasteiger partial charge in [0.25, 0.3) is 0 Å². The van der Waals surface area contributed by atoms with Crippen molar-refractivity contribution >= 4 is 17.7 Å². The lowest BCUT2D eigenvalue weighted by molar-refractivity contribution is -0.150. The smallest absolute Gasteiger partial charge is 0.245 e. The molecule has 2 bridgehead atoms. The van der Waals surface area contributed by atoms with Gasteiger partial charge in [0.2, 0.25) is 17.7 Å². The molecule has 1 aromatic rings. The van der Waals surface area contributed by atoms with Crippen molar-refractivity contribution in [1.29, 1.82) is 0 Å². The molecule has 3 amide bonds. The maximum Gasteiger partial charge on any atom is 0.245 e. The largest absolute Gasteiger partial charge is 0.394 e. The third kappa shape index (κ3) is 3.71. The number of aliphatic hydroxyl groups excluding tert-OH is 1. The highest BCUT2D eigenvalue weighted by Crippen LogP contribution is 2.65. The van der Waals surface area contributed by atoms with E-state index >= 15 is 0 Å². The number of rotatable bonds is 9. The zero-order valence-corrected chi connectivity index (χ0v) is 20.5. The predicted molar refractivity (Wildman–Crippen MR) is 126 cm³/mol.